The summed E-state index contributed by atoms with van der Waals surface area (Å²) in [5.41, 5.74) is 3.78. The molecule has 1 atom stereocenters. The number of alkyl carbamates (subject to hydrolysis) is 1. The highest BCUT2D eigenvalue weighted by Crippen LogP contribution is 2.44. The van der Waals surface area contributed by atoms with Crippen molar-refractivity contribution in [2.45, 2.75) is 50.7 Å². The minimum Gasteiger partial charge on any atom is -0.481 e. The molecule has 3 N–H and O–H groups in total. The summed E-state index contributed by atoms with van der Waals surface area (Å²) in [6.07, 6.45) is -0.0611. The second kappa shape index (κ2) is 11.2. The molecule has 2 aromatic rings. The van der Waals surface area contributed by atoms with E-state index in [1.807, 2.05) is 62.4 Å². The molecule has 2 amide bonds. The summed E-state index contributed by atoms with van der Waals surface area (Å²) < 4.78 is 11.0. The summed E-state index contributed by atoms with van der Waals surface area (Å²) in [4.78, 5) is 36.6. The predicted octanol–water partition coefficient (Wildman–Crippen LogP) is 3.69. The van der Waals surface area contributed by atoms with Crippen LogP contribution in [0.25, 0.3) is 11.1 Å². The average molecular weight is 469 g/mol. The normalized spacial score (nSPS) is 13.5. The molecule has 0 saturated heterocycles. The number of ether oxygens (including phenoxy) is 2. The fourth-order valence-electron chi connectivity index (χ4n) is 4.40. The van der Waals surface area contributed by atoms with E-state index in [1.165, 1.54) is 0 Å². The van der Waals surface area contributed by atoms with Gasteiger partial charge in [0.2, 0.25) is 5.91 Å². The molecule has 2 aromatic carbocycles. The van der Waals surface area contributed by atoms with E-state index in [9.17, 15) is 19.5 Å². The van der Waals surface area contributed by atoms with Gasteiger partial charge in [-0.1, -0.05) is 62.4 Å². The quantitative estimate of drug-likeness (QED) is 0.464. The highest BCUT2D eigenvalue weighted by Gasteiger charge is 2.32. The molecule has 0 bridgehead atoms. The van der Waals surface area contributed by atoms with E-state index in [1.54, 1.807) is 7.11 Å². The third-order valence-electron chi connectivity index (χ3n) is 6.64. The van der Waals surface area contributed by atoms with Crippen LogP contribution >= 0.6 is 0 Å². The van der Waals surface area contributed by atoms with Gasteiger partial charge in [-0.2, -0.15) is 0 Å². The second-order valence-corrected chi connectivity index (χ2v) is 8.43. The van der Waals surface area contributed by atoms with Crippen molar-refractivity contribution in [1.29, 1.82) is 0 Å². The van der Waals surface area contributed by atoms with Gasteiger partial charge in [-0.15, -0.1) is 0 Å². The molecule has 0 fully saturated rings. The molecule has 1 aliphatic rings. The second-order valence-electron chi connectivity index (χ2n) is 8.43. The van der Waals surface area contributed by atoms with Gasteiger partial charge < -0.3 is 25.2 Å². The van der Waals surface area contributed by atoms with E-state index in [2.05, 4.69) is 10.6 Å². The molecular formula is C26H32N2O6. The SMILES string of the molecule is CCC(CC)(CNC(=O)C(CC(=O)O)NC(=O)OCC1c2ccccc2-c2ccccc21)OC. The van der Waals surface area contributed by atoms with Crippen molar-refractivity contribution in [2.24, 2.45) is 0 Å². The fraction of sp³-hybridized carbons (Fsp3) is 0.423. The zero-order valence-corrected chi connectivity index (χ0v) is 19.8. The maximum Gasteiger partial charge on any atom is 0.407 e. The number of hydrogen-bond acceptors (Lipinski definition) is 5. The Hall–Kier alpha value is -3.39. The van der Waals surface area contributed by atoms with Crippen LogP contribution in [0.4, 0.5) is 4.79 Å². The van der Waals surface area contributed by atoms with E-state index in [0.29, 0.717) is 12.8 Å². The lowest BCUT2D eigenvalue weighted by molar-refractivity contribution is -0.140. The van der Waals surface area contributed by atoms with Crippen molar-refractivity contribution in [3.05, 3.63) is 59.7 Å². The predicted molar refractivity (Wildman–Crippen MR) is 128 cm³/mol. The number of aliphatic carboxylic acids is 1. The summed E-state index contributed by atoms with van der Waals surface area (Å²) >= 11 is 0. The van der Waals surface area contributed by atoms with Crippen LogP contribution in [0.3, 0.4) is 0 Å². The number of amides is 2. The van der Waals surface area contributed by atoms with Gasteiger partial charge in [-0.25, -0.2) is 4.79 Å². The largest absolute Gasteiger partial charge is 0.481 e. The molecular weight excluding hydrogens is 436 g/mol. The van der Waals surface area contributed by atoms with Crippen molar-refractivity contribution in [3.63, 3.8) is 0 Å². The van der Waals surface area contributed by atoms with Crippen LogP contribution in [0.2, 0.25) is 0 Å². The number of carbonyl (C=O) groups is 3. The van der Waals surface area contributed by atoms with Crippen LogP contribution in [-0.4, -0.2) is 55.0 Å². The maximum atomic E-state index is 12.7. The first-order valence-corrected chi connectivity index (χ1v) is 11.5. The number of carbonyl (C=O) groups excluding carboxylic acids is 2. The molecule has 0 aliphatic heterocycles. The third-order valence-corrected chi connectivity index (χ3v) is 6.64. The molecule has 0 spiro atoms. The molecule has 34 heavy (non-hydrogen) atoms. The lowest BCUT2D eigenvalue weighted by atomic mass is 9.97. The Balaban J connectivity index is 1.64. The Labute approximate surface area is 199 Å². The van der Waals surface area contributed by atoms with Crippen molar-refractivity contribution in [2.75, 3.05) is 20.3 Å². The number of hydrogen-bond donors (Lipinski definition) is 3. The highest BCUT2D eigenvalue weighted by molar-refractivity contribution is 5.89. The maximum absolute atomic E-state index is 12.7. The molecule has 0 saturated carbocycles. The van der Waals surface area contributed by atoms with E-state index in [4.69, 9.17) is 9.47 Å². The Morgan fingerprint density at radius 2 is 1.56 bits per heavy atom. The van der Waals surface area contributed by atoms with E-state index in [-0.39, 0.29) is 19.1 Å². The van der Waals surface area contributed by atoms with E-state index < -0.39 is 36.0 Å². The molecule has 0 radical (unpaired) electrons. The standard InChI is InChI=1S/C26H32N2O6/c1-4-26(5-2,33-3)16-27-24(31)22(14-23(29)30)28-25(32)34-15-21-19-12-8-6-10-17(19)18-11-7-9-13-20(18)21/h6-13,21-22H,4-5,14-16H2,1-3H3,(H,27,31)(H,28,32)(H,29,30). The number of nitrogens with one attached hydrogen (secondary N) is 2. The van der Waals surface area contributed by atoms with Crippen LogP contribution in [-0.2, 0) is 19.1 Å². The van der Waals surface area contributed by atoms with Gasteiger partial charge in [0.05, 0.1) is 12.0 Å². The molecule has 0 aromatic heterocycles. The summed E-state index contributed by atoms with van der Waals surface area (Å²) in [7, 11) is 1.57. The Morgan fingerprint density at radius 1 is 1.00 bits per heavy atom. The van der Waals surface area contributed by atoms with Crippen LogP contribution in [0.5, 0.6) is 0 Å². The van der Waals surface area contributed by atoms with Crippen molar-refractivity contribution < 1.29 is 29.0 Å². The summed E-state index contributed by atoms with van der Waals surface area (Å²) in [5.74, 6) is -1.94. The van der Waals surface area contributed by atoms with Crippen LogP contribution < -0.4 is 10.6 Å². The highest BCUT2D eigenvalue weighted by atomic mass is 16.5. The average Bonchev–Trinajstić information content (AvgIpc) is 3.17. The van der Waals surface area contributed by atoms with Gasteiger partial charge in [-0.3, -0.25) is 9.59 Å². The van der Waals surface area contributed by atoms with Gasteiger partial charge in [-0.05, 0) is 35.1 Å². The number of methoxy groups -OCH3 is 1. The number of carboxylic acids is 1. The van der Waals surface area contributed by atoms with Crippen molar-refractivity contribution in [1.82, 2.24) is 10.6 Å². The van der Waals surface area contributed by atoms with Crippen LogP contribution in [0.15, 0.2) is 48.5 Å². The molecule has 3 rings (SSSR count). The van der Waals surface area contributed by atoms with Gasteiger partial charge in [0.15, 0.2) is 0 Å². The minimum absolute atomic E-state index is 0.0692. The summed E-state index contributed by atoms with van der Waals surface area (Å²) in [6, 6.07) is 14.6. The van der Waals surface area contributed by atoms with Gasteiger partial charge in [0, 0.05) is 19.6 Å². The zero-order chi connectivity index (χ0) is 24.7. The first kappa shape index (κ1) is 25.2. The number of rotatable bonds is 11. The molecule has 1 unspecified atom stereocenters. The topological polar surface area (TPSA) is 114 Å². The fourth-order valence-corrected chi connectivity index (χ4v) is 4.40. The first-order valence-electron chi connectivity index (χ1n) is 11.5. The summed E-state index contributed by atoms with van der Waals surface area (Å²) in [5, 5.41) is 14.4. The van der Waals surface area contributed by atoms with Gasteiger partial charge in [0.1, 0.15) is 12.6 Å². The number of benzene rings is 2. The van der Waals surface area contributed by atoms with Crippen LogP contribution in [0, 0.1) is 0 Å². The van der Waals surface area contributed by atoms with Crippen molar-refractivity contribution in [3.8, 4) is 11.1 Å². The van der Waals surface area contributed by atoms with Gasteiger partial charge >= 0.3 is 12.1 Å². The smallest absolute Gasteiger partial charge is 0.407 e. The van der Waals surface area contributed by atoms with E-state index in [0.717, 1.165) is 22.3 Å². The monoisotopic (exact) mass is 468 g/mol. The lowest BCUT2D eigenvalue weighted by Gasteiger charge is -2.31. The van der Waals surface area contributed by atoms with Crippen LogP contribution in [0.1, 0.15) is 50.2 Å². The Bertz CT molecular complexity index is 980. The molecule has 8 nitrogen and oxygen atoms in total. The Morgan fingerprint density at radius 3 is 2.06 bits per heavy atom. The zero-order valence-electron chi connectivity index (χ0n) is 19.8. The Kier molecular flexibility index (Phi) is 8.28. The molecule has 182 valence electrons. The molecule has 8 heteroatoms. The summed E-state index contributed by atoms with van der Waals surface area (Å²) in [6.45, 7) is 4.17. The van der Waals surface area contributed by atoms with Crippen molar-refractivity contribution >= 4 is 18.0 Å². The number of carboxylic acid groups (broad SMARTS) is 1. The van der Waals surface area contributed by atoms with Gasteiger partial charge in [0.25, 0.3) is 0 Å². The third kappa shape index (κ3) is 5.56. The van der Waals surface area contributed by atoms with E-state index >= 15 is 0 Å². The first-order chi connectivity index (χ1) is 16.3. The molecule has 0 heterocycles. The number of fused-ring (bicyclic) bond motifs is 3. The molecule has 1 aliphatic carbocycles. The minimum atomic E-state index is -1.27. The lowest BCUT2D eigenvalue weighted by Crippen LogP contribution is -2.52.